The van der Waals surface area contributed by atoms with Crippen LogP contribution in [0.25, 0.3) is 11.4 Å². The third-order valence-corrected chi connectivity index (χ3v) is 3.98. The van der Waals surface area contributed by atoms with Crippen LogP contribution >= 0.6 is 0 Å². The monoisotopic (exact) mass is 378 g/mol. The smallest absolute Gasteiger partial charge is 0.254 e. The summed E-state index contributed by atoms with van der Waals surface area (Å²) < 4.78 is 0. The Labute approximate surface area is 162 Å². The Bertz CT molecular complexity index is 948. The van der Waals surface area contributed by atoms with E-state index in [0.29, 0.717) is 29.8 Å². The zero-order valence-corrected chi connectivity index (χ0v) is 15.5. The molecule has 1 amide bonds. The summed E-state index contributed by atoms with van der Waals surface area (Å²) in [7, 11) is 0. The molecule has 1 unspecified atom stereocenters. The molecule has 9 heteroatoms. The van der Waals surface area contributed by atoms with Crippen molar-refractivity contribution in [3.63, 3.8) is 0 Å². The summed E-state index contributed by atoms with van der Waals surface area (Å²) in [6.07, 6.45) is 5.53. The molecule has 0 bridgehead atoms. The van der Waals surface area contributed by atoms with Crippen molar-refractivity contribution in [2.75, 3.05) is 17.2 Å². The van der Waals surface area contributed by atoms with Crippen LogP contribution in [0.4, 0.5) is 17.5 Å². The van der Waals surface area contributed by atoms with E-state index in [0.717, 1.165) is 12.0 Å². The molecule has 0 aliphatic heterocycles. The van der Waals surface area contributed by atoms with Crippen LogP contribution in [0, 0.1) is 0 Å². The van der Waals surface area contributed by atoms with E-state index < -0.39 is 5.91 Å². The maximum atomic E-state index is 11.8. The van der Waals surface area contributed by atoms with Gasteiger partial charge in [0, 0.05) is 35.9 Å². The molecule has 0 fully saturated rings. The molecule has 28 heavy (non-hydrogen) atoms. The van der Waals surface area contributed by atoms with Gasteiger partial charge in [-0.25, -0.2) is 15.0 Å². The summed E-state index contributed by atoms with van der Waals surface area (Å²) in [5.41, 5.74) is 12.8. The highest BCUT2D eigenvalue weighted by atomic mass is 16.1. The topological polar surface area (TPSA) is 145 Å². The number of primary amides is 1. The van der Waals surface area contributed by atoms with Crippen molar-refractivity contribution in [1.82, 2.24) is 19.9 Å². The van der Waals surface area contributed by atoms with Gasteiger partial charge in [-0.05, 0) is 38.1 Å². The van der Waals surface area contributed by atoms with Gasteiger partial charge in [0.05, 0.1) is 0 Å². The van der Waals surface area contributed by atoms with Gasteiger partial charge in [0.1, 0.15) is 11.4 Å². The van der Waals surface area contributed by atoms with Gasteiger partial charge in [-0.1, -0.05) is 12.1 Å². The Kier molecular flexibility index (Phi) is 6.07. The fraction of sp³-hybridized carbons (Fsp3) is 0.211. The van der Waals surface area contributed by atoms with Gasteiger partial charge in [0.25, 0.3) is 5.91 Å². The predicted molar refractivity (Wildman–Crippen MR) is 108 cm³/mol. The van der Waals surface area contributed by atoms with Crippen LogP contribution in [0.2, 0.25) is 0 Å². The molecule has 1 atom stereocenters. The first-order valence-electron chi connectivity index (χ1n) is 8.84. The third-order valence-electron chi connectivity index (χ3n) is 3.98. The summed E-state index contributed by atoms with van der Waals surface area (Å²) in [6, 6.07) is 9.33. The number of nitrogens with one attached hydrogen (secondary N) is 2. The lowest BCUT2D eigenvalue weighted by atomic mass is 10.2. The molecular formula is C19H22N8O. The molecule has 6 N–H and O–H groups in total. The molecular weight excluding hydrogens is 356 g/mol. The minimum absolute atomic E-state index is 0.0934. The van der Waals surface area contributed by atoms with Gasteiger partial charge in [-0.3, -0.25) is 4.79 Å². The summed E-state index contributed by atoms with van der Waals surface area (Å²) in [5.74, 6) is 0.681. The number of hydrogen-bond acceptors (Lipinski definition) is 8. The van der Waals surface area contributed by atoms with E-state index in [1.54, 1.807) is 18.5 Å². The molecule has 0 saturated carbocycles. The summed E-state index contributed by atoms with van der Waals surface area (Å²) >= 11 is 0. The lowest BCUT2D eigenvalue weighted by molar-refractivity contribution is 0.100. The maximum Gasteiger partial charge on any atom is 0.254 e. The van der Waals surface area contributed by atoms with E-state index in [-0.39, 0.29) is 11.6 Å². The minimum Gasteiger partial charge on any atom is -0.365 e. The van der Waals surface area contributed by atoms with Crippen LogP contribution in [-0.2, 0) is 0 Å². The van der Waals surface area contributed by atoms with Gasteiger partial charge in [-0.2, -0.15) is 4.98 Å². The number of aromatic nitrogens is 4. The standard InChI is InChI=1S/C19H22N8O/c1-12(6-7-20)25-19-24-11-15(16(21)28)18(27-19)26-14-5-2-4-13(10-14)17-22-8-3-9-23-17/h2-5,8-12H,6-7,20H2,1H3,(H2,21,28)(H2,24,25,26,27). The normalized spacial score (nSPS) is 11.6. The number of rotatable bonds is 8. The molecule has 3 aromatic rings. The Hall–Kier alpha value is -3.59. The van der Waals surface area contributed by atoms with Gasteiger partial charge >= 0.3 is 0 Å². The molecule has 2 heterocycles. The van der Waals surface area contributed by atoms with Crippen LogP contribution in [-0.4, -0.2) is 38.4 Å². The van der Waals surface area contributed by atoms with Gasteiger partial charge in [-0.15, -0.1) is 0 Å². The Morgan fingerprint density at radius 3 is 2.68 bits per heavy atom. The van der Waals surface area contributed by atoms with E-state index in [1.165, 1.54) is 6.20 Å². The molecule has 0 aliphatic rings. The molecule has 0 radical (unpaired) electrons. The second-order valence-electron chi connectivity index (χ2n) is 6.22. The maximum absolute atomic E-state index is 11.8. The quantitative estimate of drug-likeness (QED) is 0.465. The Balaban J connectivity index is 1.89. The fourth-order valence-corrected chi connectivity index (χ4v) is 2.59. The highest BCUT2D eigenvalue weighted by Crippen LogP contribution is 2.24. The molecule has 0 saturated heterocycles. The van der Waals surface area contributed by atoms with Gasteiger partial charge in [0.15, 0.2) is 5.82 Å². The second kappa shape index (κ2) is 8.87. The largest absolute Gasteiger partial charge is 0.365 e. The zero-order valence-electron chi connectivity index (χ0n) is 15.5. The van der Waals surface area contributed by atoms with Crippen LogP contribution in [0.5, 0.6) is 0 Å². The number of carbonyl (C=O) groups excluding carboxylic acids is 1. The number of amides is 1. The number of hydrogen-bond donors (Lipinski definition) is 4. The molecule has 9 nitrogen and oxygen atoms in total. The van der Waals surface area contributed by atoms with Crippen molar-refractivity contribution < 1.29 is 4.79 Å². The zero-order chi connectivity index (χ0) is 19.9. The average Bonchev–Trinajstić information content (AvgIpc) is 2.69. The third kappa shape index (κ3) is 4.77. The highest BCUT2D eigenvalue weighted by Gasteiger charge is 2.14. The Morgan fingerprint density at radius 1 is 1.18 bits per heavy atom. The first-order valence-corrected chi connectivity index (χ1v) is 8.84. The summed E-state index contributed by atoms with van der Waals surface area (Å²) in [6.45, 7) is 2.53. The number of nitrogens with two attached hydrogens (primary N) is 2. The summed E-state index contributed by atoms with van der Waals surface area (Å²) in [4.78, 5) is 28.9. The van der Waals surface area contributed by atoms with E-state index in [1.807, 2.05) is 31.2 Å². The van der Waals surface area contributed by atoms with Crippen molar-refractivity contribution in [2.24, 2.45) is 11.5 Å². The molecule has 144 valence electrons. The van der Waals surface area contributed by atoms with E-state index in [2.05, 4.69) is 30.6 Å². The molecule has 2 aromatic heterocycles. The number of anilines is 3. The first-order chi connectivity index (χ1) is 13.6. The summed E-state index contributed by atoms with van der Waals surface area (Å²) in [5, 5.41) is 6.30. The Morgan fingerprint density at radius 2 is 1.96 bits per heavy atom. The predicted octanol–water partition coefficient (Wildman–Crippen LogP) is 1.93. The lowest BCUT2D eigenvalue weighted by Crippen LogP contribution is -2.22. The molecule has 1 aromatic carbocycles. The molecule has 3 rings (SSSR count). The number of carbonyl (C=O) groups is 1. The van der Waals surface area contributed by atoms with E-state index >= 15 is 0 Å². The number of benzene rings is 1. The van der Waals surface area contributed by atoms with Gasteiger partial charge in [0.2, 0.25) is 5.95 Å². The van der Waals surface area contributed by atoms with E-state index in [9.17, 15) is 4.79 Å². The van der Waals surface area contributed by atoms with E-state index in [4.69, 9.17) is 11.5 Å². The fourth-order valence-electron chi connectivity index (χ4n) is 2.59. The van der Waals surface area contributed by atoms with Crippen LogP contribution in [0.1, 0.15) is 23.7 Å². The minimum atomic E-state index is -0.619. The van der Waals surface area contributed by atoms with Crippen molar-refractivity contribution in [3.05, 3.63) is 54.5 Å². The van der Waals surface area contributed by atoms with Crippen molar-refractivity contribution in [1.29, 1.82) is 0 Å². The van der Waals surface area contributed by atoms with Crippen LogP contribution < -0.4 is 22.1 Å². The highest BCUT2D eigenvalue weighted by molar-refractivity contribution is 5.98. The first kappa shape index (κ1) is 19.2. The van der Waals surface area contributed by atoms with Crippen molar-refractivity contribution >= 4 is 23.4 Å². The SMILES string of the molecule is CC(CCN)Nc1ncc(C(N)=O)c(Nc2cccc(-c3ncccn3)c2)n1. The molecule has 0 aliphatic carbocycles. The van der Waals surface area contributed by atoms with Crippen molar-refractivity contribution in [3.8, 4) is 11.4 Å². The molecule has 0 spiro atoms. The number of nitrogens with zero attached hydrogens (tertiary/aromatic N) is 4. The van der Waals surface area contributed by atoms with Crippen LogP contribution in [0.3, 0.4) is 0 Å². The average molecular weight is 378 g/mol. The van der Waals surface area contributed by atoms with Crippen LogP contribution in [0.15, 0.2) is 48.9 Å². The van der Waals surface area contributed by atoms with Crippen molar-refractivity contribution in [2.45, 2.75) is 19.4 Å². The second-order valence-corrected chi connectivity index (χ2v) is 6.22. The lowest BCUT2D eigenvalue weighted by Gasteiger charge is -2.15. The van der Waals surface area contributed by atoms with Gasteiger partial charge < -0.3 is 22.1 Å².